The first kappa shape index (κ1) is 7.13. The van der Waals surface area contributed by atoms with Crippen molar-refractivity contribution in [2.45, 2.75) is 19.8 Å². The Balaban J connectivity index is 3.03. The highest BCUT2D eigenvalue weighted by atomic mass is 14.6. The summed E-state index contributed by atoms with van der Waals surface area (Å²) < 4.78 is 0. The van der Waals surface area contributed by atoms with Crippen LogP contribution >= 0.6 is 0 Å². The highest BCUT2D eigenvalue weighted by Crippen LogP contribution is 2.19. The lowest BCUT2D eigenvalue weighted by Gasteiger charge is -2.06. The van der Waals surface area contributed by atoms with Gasteiger partial charge >= 0.3 is 0 Å². The molecule has 0 bridgehead atoms. The maximum atomic E-state index is 5.67. The molecule has 0 saturated carbocycles. The van der Waals surface area contributed by atoms with Crippen molar-refractivity contribution < 1.29 is 0 Å². The van der Waals surface area contributed by atoms with Gasteiger partial charge in [0.25, 0.3) is 0 Å². The third kappa shape index (κ3) is 1.29. The maximum absolute atomic E-state index is 5.67. The Kier molecular flexibility index (Phi) is 1.95. The van der Waals surface area contributed by atoms with Gasteiger partial charge in [-0.2, -0.15) is 0 Å². The molecule has 0 aliphatic heterocycles. The van der Waals surface area contributed by atoms with Gasteiger partial charge < -0.3 is 5.73 Å². The van der Waals surface area contributed by atoms with Crippen molar-refractivity contribution in [1.29, 1.82) is 0 Å². The van der Waals surface area contributed by atoms with E-state index in [1.807, 2.05) is 18.2 Å². The van der Waals surface area contributed by atoms with Gasteiger partial charge in [0.2, 0.25) is 0 Å². The van der Waals surface area contributed by atoms with Crippen molar-refractivity contribution in [1.82, 2.24) is 0 Å². The Hall–Kier alpha value is -0.980. The van der Waals surface area contributed by atoms with Crippen LogP contribution in [0.25, 0.3) is 0 Å². The van der Waals surface area contributed by atoms with Gasteiger partial charge in [-0.15, -0.1) is 0 Å². The quantitative estimate of drug-likeness (QED) is 0.585. The second kappa shape index (κ2) is 2.74. The number of hydrogen-bond acceptors (Lipinski definition) is 1. The molecule has 0 atom stereocenters. The molecule has 1 radical (unpaired) electrons. The van der Waals surface area contributed by atoms with Gasteiger partial charge in [-0.05, 0) is 11.5 Å². The molecule has 1 aromatic carbocycles. The molecular formula is C9H12N. The first-order chi connectivity index (χ1) is 4.72. The Morgan fingerprint density at radius 2 is 2.20 bits per heavy atom. The number of hydrogen-bond donors (Lipinski definition) is 1. The molecule has 0 amide bonds. The summed E-state index contributed by atoms with van der Waals surface area (Å²) >= 11 is 0. The third-order valence-corrected chi connectivity index (χ3v) is 1.54. The van der Waals surface area contributed by atoms with E-state index >= 15 is 0 Å². The number of anilines is 1. The minimum absolute atomic E-state index is 0.498. The van der Waals surface area contributed by atoms with Crippen molar-refractivity contribution in [3.63, 3.8) is 0 Å². The standard InChI is InChI=1S/C9H12N/c1-7(2)8-5-3-4-6-9(8)10/h3-5,7H,10H2,1-2H3. The third-order valence-electron chi connectivity index (χ3n) is 1.54. The largest absolute Gasteiger partial charge is 0.398 e. The molecule has 1 nitrogen and oxygen atoms in total. The fourth-order valence-electron chi connectivity index (χ4n) is 0.966. The van der Waals surface area contributed by atoms with E-state index in [-0.39, 0.29) is 0 Å². The van der Waals surface area contributed by atoms with E-state index in [0.29, 0.717) is 5.92 Å². The topological polar surface area (TPSA) is 26.0 Å². The molecule has 0 aliphatic carbocycles. The monoisotopic (exact) mass is 134 g/mol. The van der Waals surface area contributed by atoms with Crippen LogP contribution < -0.4 is 5.73 Å². The highest BCUT2D eigenvalue weighted by molar-refractivity contribution is 5.46. The zero-order valence-corrected chi connectivity index (χ0v) is 6.39. The molecule has 1 heteroatoms. The Morgan fingerprint density at radius 3 is 2.60 bits per heavy atom. The van der Waals surface area contributed by atoms with Crippen LogP contribution in [0.5, 0.6) is 0 Å². The summed E-state index contributed by atoms with van der Waals surface area (Å²) in [6, 6.07) is 8.80. The lowest BCUT2D eigenvalue weighted by atomic mass is 10.0. The molecule has 1 aromatic rings. The number of benzene rings is 1. The number of nitrogens with two attached hydrogens (primary N) is 1. The molecule has 0 fully saturated rings. The molecule has 0 aromatic heterocycles. The van der Waals surface area contributed by atoms with Crippen molar-refractivity contribution in [2.24, 2.45) is 0 Å². The average Bonchev–Trinajstić information content (AvgIpc) is 1.88. The van der Waals surface area contributed by atoms with Gasteiger partial charge in [-0.1, -0.05) is 32.0 Å². The van der Waals surface area contributed by atoms with Gasteiger partial charge in [0, 0.05) is 11.8 Å². The fourth-order valence-corrected chi connectivity index (χ4v) is 0.966. The lowest BCUT2D eigenvalue weighted by Crippen LogP contribution is -1.94. The van der Waals surface area contributed by atoms with E-state index in [0.717, 1.165) is 5.69 Å². The first-order valence-corrected chi connectivity index (χ1v) is 3.48. The van der Waals surface area contributed by atoms with Crippen LogP contribution in [0.1, 0.15) is 25.3 Å². The van der Waals surface area contributed by atoms with E-state index in [9.17, 15) is 0 Å². The first-order valence-electron chi connectivity index (χ1n) is 3.48. The van der Waals surface area contributed by atoms with Crippen LogP contribution in [0.4, 0.5) is 5.69 Å². The molecule has 1 rings (SSSR count). The van der Waals surface area contributed by atoms with Crippen LogP contribution in [-0.2, 0) is 0 Å². The summed E-state index contributed by atoms with van der Waals surface area (Å²) in [6.07, 6.45) is 0. The van der Waals surface area contributed by atoms with Crippen molar-refractivity contribution in [3.8, 4) is 0 Å². The summed E-state index contributed by atoms with van der Waals surface area (Å²) in [5, 5.41) is 0. The maximum Gasteiger partial charge on any atom is 0.0429 e. The second-order valence-corrected chi connectivity index (χ2v) is 2.69. The molecular weight excluding hydrogens is 122 g/mol. The molecule has 0 unspecified atom stereocenters. The van der Waals surface area contributed by atoms with Gasteiger partial charge in [0.1, 0.15) is 0 Å². The van der Waals surface area contributed by atoms with E-state index in [4.69, 9.17) is 5.73 Å². The average molecular weight is 134 g/mol. The summed E-state index contributed by atoms with van der Waals surface area (Å²) in [7, 11) is 0. The lowest BCUT2D eigenvalue weighted by molar-refractivity contribution is 0.870. The number of nitrogen functional groups attached to an aromatic ring is 1. The van der Waals surface area contributed by atoms with Crippen molar-refractivity contribution >= 4 is 5.69 Å². The minimum atomic E-state index is 0.498. The summed E-state index contributed by atoms with van der Waals surface area (Å²) in [5.74, 6) is 0.498. The van der Waals surface area contributed by atoms with Crippen molar-refractivity contribution in [3.05, 3.63) is 29.8 Å². The van der Waals surface area contributed by atoms with E-state index in [2.05, 4.69) is 19.9 Å². The molecule has 53 valence electrons. The van der Waals surface area contributed by atoms with E-state index in [1.54, 1.807) is 0 Å². The SMILES string of the molecule is CC(C)c1ccc[c]c1N. The predicted molar refractivity (Wildman–Crippen MR) is 43.8 cm³/mol. The van der Waals surface area contributed by atoms with Gasteiger partial charge in [0.15, 0.2) is 0 Å². The zero-order valence-electron chi connectivity index (χ0n) is 6.39. The molecule has 0 aliphatic rings. The molecule has 0 saturated heterocycles. The second-order valence-electron chi connectivity index (χ2n) is 2.69. The van der Waals surface area contributed by atoms with Crippen LogP contribution in [0.3, 0.4) is 0 Å². The molecule has 10 heavy (non-hydrogen) atoms. The summed E-state index contributed by atoms with van der Waals surface area (Å²) in [5.41, 5.74) is 7.62. The van der Waals surface area contributed by atoms with Crippen LogP contribution in [0.2, 0.25) is 0 Å². The number of para-hydroxylation sites is 1. The van der Waals surface area contributed by atoms with Crippen molar-refractivity contribution in [2.75, 3.05) is 5.73 Å². The highest BCUT2D eigenvalue weighted by Gasteiger charge is 2.00. The molecule has 0 spiro atoms. The predicted octanol–water partition coefficient (Wildman–Crippen LogP) is 2.19. The summed E-state index contributed by atoms with van der Waals surface area (Å²) in [6.45, 7) is 4.25. The summed E-state index contributed by atoms with van der Waals surface area (Å²) in [4.78, 5) is 0. The van der Waals surface area contributed by atoms with Gasteiger partial charge in [-0.3, -0.25) is 0 Å². The Labute approximate surface area is 61.9 Å². The molecule has 0 heterocycles. The molecule has 2 N–H and O–H groups in total. The van der Waals surface area contributed by atoms with Crippen LogP contribution in [0, 0.1) is 6.07 Å². The number of rotatable bonds is 1. The normalized spacial score (nSPS) is 10.3. The van der Waals surface area contributed by atoms with Gasteiger partial charge in [-0.25, -0.2) is 0 Å². The Morgan fingerprint density at radius 1 is 1.50 bits per heavy atom. The van der Waals surface area contributed by atoms with E-state index < -0.39 is 0 Å². The zero-order chi connectivity index (χ0) is 7.56. The Bertz CT molecular complexity index is 216. The smallest absolute Gasteiger partial charge is 0.0429 e. The fraction of sp³-hybridized carbons (Fsp3) is 0.333. The van der Waals surface area contributed by atoms with Gasteiger partial charge in [0.05, 0.1) is 0 Å². The van der Waals surface area contributed by atoms with Crippen LogP contribution in [0.15, 0.2) is 18.2 Å². The minimum Gasteiger partial charge on any atom is -0.398 e. The van der Waals surface area contributed by atoms with Crippen LogP contribution in [-0.4, -0.2) is 0 Å². The van der Waals surface area contributed by atoms with E-state index in [1.165, 1.54) is 5.56 Å².